The van der Waals surface area contributed by atoms with E-state index in [1.165, 1.54) is 18.5 Å². The number of hydrogen-bond acceptors (Lipinski definition) is 4. The van der Waals surface area contributed by atoms with Crippen molar-refractivity contribution in [2.24, 2.45) is 0 Å². The summed E-state index contributed by atoms with van der Waals surface area (Å²) in [6.45, 7) is 0. The van der Waals surface area contributed by atoms with E-state index in [0.717, 1.165) is 18.2 Å². The van der Waals surface area contributed by atoms with Crippen molar-refractivity contribution in [2.75, 3.05) is 4.90 Å². The van der Waals surface area contributed by atoms with Gasteiger partial charge < -0.3 is 5.11 Å². The number of pyridine rings is 1. The lowest BCUT2D eigenvalue weighted by atomic mass is 10.1. The van der Waals surface area contributed by atoms with Crippen molar-refractivity contribution in [1.29, 1.82) is 0 Å². The van der Waals surface area contributed by atoms with Crippen molar-refractivity contribution >= 4 is 23.5 Å². The maximum absolute atomic E-state index is 13.4. The zero-order chi connectivity index (χ0) is 15.1. The molecule has 0 saturated carbocycles. The molecule has 0 spiro atoms. The normalized spacial score (nSPS) is 13.5. The van der Waals surface area contributed by atoms with Crippen molar-refractivity contribution < 1.29 is 23.9 Å². The van der Waals surface area contributed by atoms with Gasteiger partial charge in [-0.05, 0) is 24.3 Å². The molecule has 1 aromatic carbocycles. The number of halogens is 1. The molecule has 3 rings (SSSR count). The highest BCUT2D eigenvalue weighted by atomic mass is 19.1. The molecule has 1 N–H and O–H groups in total. The van der Waals surface area contributed by atoms with Gasteiger partial charge in [0.2, 0.25) is 0 Å². The lowest BCUT2D eigenvalue weighted by Gasteiger charge is -2.16. The first kappa shape index (κ1) is 12.9. The van der Waals surface area contributed by atoms with Crippen molar-refractivity contribution in [3.63, 3.8) is 0 Å². The lowest BCUT2D eigenvalue weighted by Crippen LogP contribution is -2.31. The first-order valence-electron chi connectivity index (χ1n) is 5.86. The molecule has 0 fully saturated rings. The minimum Gasteiger partial charge on any atom is -0.478 e. The molecule has 2 amide bonds. The number of rotatable bonds is 2. The summed E-state index contributed by atoms with van der Waals surface area (Å²) in [6, 6.07) is 4.16. The smallest absolute Gasteiger partial charge is 0.337 e. The van der Waals surface area contributed by atoms with Crippen LogP contribution in [-0.4, -0.2) is 27.9 Å². The fraction of sp³-hybridized carbons (Fsp3) is 0. The number of carbonyl (C=O) groups is 3. The van der Waals surface area contributed by atoms with Gasteiger partial charge in [-0.15, -0.1) is 0 Å². The average Bonchev–Trinajstić information content (AvgIpc) is 2.71. The van der Waals surface area contributed by atoms with Gasteiger partial charge in [-0.1, -0.05) is 0 Å². The summed E-state index contributed by atoms with van der Waals surface area (Å²) in [5, 5.41) is 9.12. The Morgan fingerprint density at radius 1 is 1.14 bits per heavy atom. The Bertz CT molecular complexity index is 768. The lowest BCUT2D eigenvalue weighted by molar-refractivity contribution is 0.0698. The van der Waals surface area contributed by atoms with Gasteiger partial charge in [0.25, 0.3) is 11.8 Å². The Kier molecular flexibility index (Phi) is 2.76. The van der Waals surface area contributed by atoms with Crippen LogP contribution >= 0.6 is 0 Å². The zero-order valence-corrected chi connectivity index (χ0v) is 10.4. The number of fused-ring (bicyclic) bond motifs is 1. The van der Waals surface area contributed by atoms with Crippen molar-refractivity contribution in [3.05, 3.63) is 59.2 Å². The summed E-state index contributed by atoms with van der Waals surface area (Å²) in [7, 11) is 0. The average molecular weight is 286 g/mol. The second kappa shape index (κ2) is 4.48. The zero-order valence-electron chi connectivity index (χ0n) is 10.4. The van der Waals surface area contributed by atoms with Crippen LogP contribution in [0.15, 0.2) is 36.7 Å². The van der Waals surface area contributed by atoms with Crippen LogP contribution in [0.3, 0.4) is 0 Å². The molecule has 0 aliphatic carbocycles. The fourth-order valence-corrected chi connectivity index (χ4v) is 2.17. The molecule has 7 heteroatoms. The third kappa shape index (κ3) is 1.86. The van der Waals surface area contributed by atoms with Gasteiger partial charge >= 0.3 is 5.97 Å². The summed E-state index contributed by atoms with van der Waals surface area (Å²) in [5.74, 6) is -3.54. The second-order valence-electron chi connectivity index (χ2n) is 4.33. The van der Waals surface area contributed by atoms with E-state index in [1.807, 2.05) is 0 Å². The molecule has 2 heterocycles. The van der Waals surface area contributed by atoms with Crippen LogP contribution in [-0.2, 0) is 0 Å². The van der Waals surface area contributed by atoms with E-state index in [-0.39, 0.29) is 22.4 Å². The van der Waals surface area contributed by atoms with Crippen molar-refractivity contribution in [3.8, 4) is 0 Å². The molecule has 1 aliphatic rings. The van der Waals surface area contributed by atoms with Crippen LogP contribution in [0, 0.1) is 5.82 Å². The topological polar surface area (TPSA) is 87.6 Å². The standard InChI is InChI=1S/C14H7FN2O4/c15-7-1-2-9(14(20)21)11(5-7)17-12(18)8-3-4-16-6-10(8)13(17)19/h1-6H,(H,20,21). The molecule has 1 aromatic heterocycles. The second-order valence-corrected chi connectivity index (χ2v) is 4.33. The van der Waals surface area contributed by atoms with E-state index in [2.05, 4.69) is 4.98 Å². The minimum atomic E-state index is -1.36. The third-order valence-corrected chi connectivity index (χ3v) is 3.12. The molecule has 21 heavy (non-hydrogen) atoms. The molecule has 0 radical (unpaired) electrons. The molecule has 0 unspecified atom stereocenters. The molecular formula is C14H7FN2O4. The van der Waals surface area contributed by atoms with Gasteiger partial charge in [0.05, 0.1) is 22.4 Å². The van der Waals surface area contributed by atoms with Gasteiger partial charge in [-0.2, -0.15) is 0 Å². The fourth-order valence-electron chi connectivity index (χ4n) is 2.17. The maximum Gasteiger partial charge on any atom is 0.337 e. The highest BCUT2D eigenvalue weighted by Gasteiger charge is 2.38. The van der Waals surface area contributed by atoms with Crippen LogP contribution < -0.4 is 4.90 Å². The molecule has 0 bridgehead atoms. The first-order valence-corrected chi connectivity index (χ1v) is 5.86. The van der Waals surface area contributed by atoms with Crippen molar-refractivity contribution in [2.45, 2.75) is 0 Å². The Morgan fingerprint density at radius 3 is 2.52 bits per heavy atom. The number of carbonyl (C=O) groups excluding carboxylic acids is 2. The van der Waals surface area contributed by atoms with E-state index >= 15 is 0 Å². The van der Waals surface area contributed by atoms with Crippen LogP contribution in [0.4, 0.5) is 10.1 Å². The number of amides is 2. The largest absolute Gasteiger partial charge is 0.478 e. The molecule has 104 valence electrons. The Balaban J connectivity index is 2.20. The summed E-state index contributed by atoms with van der Waals surface area (Å²) < 4.78 is 13.4. The Morgan fingerprint density at radius 2 is 1.86 bits per heavy atom. The first-order chi connectivity index (χ1) is 10.0. The molecule has 2 aromatic rings. The number of aromatic nitrogens is 1. The number of imide groups is 1. The van der Waals surface area contributed by atoms with Crippen LogP contribution in [0.1, 0.15) is 31.1 Å². The third-order valence-electron chi connectivity index (χ3n) is 3.12. The quantitative estimate of drug-likeness (QED) is 0.849. The highest BCUT2D eigenvalue weighted by Crippen LogP contribution is 2.30. The molecule has 1 aliphatic heterocycles. The minimum absolute atomic E-state index is 0.0584. The Hall–Kier alpha value is -3.09. The monoisotopic (exact) mass is 286 g/mol. The molecule has 0 atom stereocenters. The van der Waals surface area contributed by atoms with E-state index in [9.17, 15) is 18.8 Å². The number of carboxylic acids is 1. The van der Waals surface area contributed by atoms with Crippen LogP contribution in [0.2, 0.25) is 0 Å². The highest BCUT2D eigenvalue weighted by molar-refractivity contribution is 6.35. The predicted octanol–water partition coefficient (Wildman–Crippen LogP) is 1.72. The number of benzene rings is 1. The molecule has 6 nitrogen and oxygen atoms in total. The summed E-state index contributed by atoms with van der Waals surface area (Å²) >= 11 is 0. The predicted molar refractivity (Wildman–Crippen MR) is 68.7 cm³/mol. The van der Waals surface area contributed by atoms with Gasteiger partial charge in [-0.25, -0.2) is 14.1 Å². The van der Waals surface area contributed by atoms with Crippen LogP contribution in [0.25, 0.3) is 0 Å². The van der Waals surface area contributed by atoms with E-state index in [4.69, 9.17) is 5.11 Å². The SMILES string of the molecule is O=C(O)c1ccc(F)cc1N1C(=O)c2ccncc2C1=O. The Labute approximate surface area is 117 Å². The number of nitrogens with zero attached hydrogens (tertiary/aromatic N) is 2. The van der Waals surface area contributed by atoms with Crippen LogP contribution in [0.5, 0.6) is 0 Å². The van der Waals surface area contributed by atoms with E-state index < -0.39 is 23.6 Å². The summed E-state index contributed by atoms with van der Waals surface area (Å²) in [4.78, 5) is 40.1. The molecule has 0 saturated heterocycles. The van der Waals surface area contributed by atoms with Gasteiger partial charge in [0, 0.05) is 12.4 Å². The number of carboxylic acid groups (broad SMARTS) is 1. The van der Waals surface area contributed by atoms with Gasteiger partial charge in [0.15, 0.2) is 0 Å². The van der Waals surface area contributed by atoms with E-state index in [1.54, 1.807) is 0 Å². The number of anilines is 1. The van der Waals surface area contributed by atoms with Crippen molar-refractivity contribution in [1.82, 2.24) is 4.98 Å². The summed E-state index contributed by atoms with van der Waals surface area (Å²) in [5.41, 5.74) is -0.466. The number of aromatic carboxylic acids is 1. The van der Waals surface area contributed by atoms with Gasteiger partial charge in [-0.3, -0.25) is 14.6 Å². The molecular weight excluding hydrogens is 279 g/mol. The maximum atomic E-state index is 13.4. The number of hydrogen-bond donors (Lipinski definition) is 1. The van der Waals surface area contributed by atoms with E-state index in [0.29, 0.717) is 4.90 Å². The van der Waals surface area contributed by atoms with Gasteiger partial charge in [0.1, 0.15) is 5.82 Å². The summed E-state index contributed by atoms with van der Waals surface area (Å²) in [6.07, 6.45) is 2.56.